The third-order valence-corrected chi connectivity index (χ3v) is 6.70. The van der Waals surface area contributed by atoms with E-state index < -0.39 is 0 Å². The molecular formula is C18H31N3O2. The molecule has 5 rings (SSSR count). The van der Waals surface area contributed by atoms with Gasteiger partial charge >= 0.3 is 0 Å². The summed E-state index contributed by atoms with van der Waals surface area (Å²) in [5.41, 5.74) is 6.62. The fourth-order valence-corrected chi connectivity index (χ4v) is 5.32. The van der Waals surface area contributed by atoms with Gasteiger partial charge in [0, 0.05) is 37.6 Å². The number of hydrogen-bond acceptors (Lipinski definition) is 4. The van der Waals surface area contributed by atoms with Crippen LogP contribution in [0.3, 0.4) is 0 Å². The van der Waals surface area contributed by atoms with E-state index in [0.717, 1.165) is 19.1 Å². The molecular weight excluding hydrogens is 290 g/mol. The first-order chi connectivity index (χ1) is 11.1. The fraction of sp³-hybridized carbons (Fsp3) is 0.944. The maximum absolute atomic E-state index is 12.2. The van der Waals surface area contributed by atoms with Crippen molar-refractivity contribution in [3.63, 3.8) is 0 Å². The van der Waals surface area contributed by atoms with Crippen LogP contribution < -0.4 is 11.1 Å². The van der Waals surface area contributed by atoms with Crippen LogP contribution in [-0.4, -0.2) is 54.7 Å². The number of rotatable bonds is 5. The van der Waals surface area contributed by atoms with Crippen molar-refractivity contribution in [2.24, 2.45) is 17.6 Å². The minimum Gasteiger partial charge on any atom is -0.373 e. The Morgan fingerprint density at radius 2 is 2.04 bits per heavy atom. The van der Waals surface area contributed by atoms with Crippen molar-refractivity contribution in [2.75, 3.05) is 26.2 Å². The zero-order chi connectivity index (χ0) is 15.9. The summed E-state index contributed by atoms with van der Waals surface area (Å²) in [6.45, 7) is 3.70. The van der Waals surface area contributed by atoms with Gasteiger partial charge in [-0.25, -0.2) is 0 Å². The summed E-state index contributed by atoms with van der Waals surface area (Å²) < 4.78 is 6.02. The minimum atomic E-state index is 0.0247. The summed E-state index contributed by atoms with van der Waals surface area (Å²) in [7, 11) is 0. The maximum atomic E-state index is 12.2. The lowest BCUT2D eigenvalue weighted by atomic mass is 9.73. The van der Waals surface area contributed by atoms with Gasteiger partial charge in [-0.1, -0.05) is 19.3 Å². The Morgan fingerprint density at radius 3 is 2.83 bits per heavy atom. The Bertz CT molecular complexity index is 444. The van der Waals surface area contributed by atoms with Crippen molar-refractivity contribution in [3.05, 3.63) is 0 Å². The molecule has 0 radical (unpaired) electrons. The van der Waals surface area contributed by atoms with E-state index in [9.17, 15) is 4.79 Å². The molecule has 0 aromatic heterocycles. The van der Waals surface area contributed by atoms with Gasteiger partial charge < -0.3 is 15.8 Å². The lowest BCUT2D eigenvalue weighted by molar-refractivity contribution is -0.125. The monoisotopic (exact) mass is 321 g/mol. The number of carbonyl (C=O) groups excluding carboxylic acids is 1. The Morgan fingerprint density at radius 1 is 1.26 bits per heavy atom. The highest BCUT2D eigenvalue weighted by Crippen LogP contribution is 2.52. The Hall–Kier alpha value is -0.650. The van der Waals surface area contributed by atoms with Crippen LogP contribution in [0, 0.1) is 11.8 Å². The first-order valence-electron chi connectivity index (χ1n) is 9.53. The first-order valence-corrected chi connectivity index (χ1v) is 9.53. The van der Waals surface area contributed by atoms with Crippen molar-refractivity contribution in [1.29, 1.82) is 0 Å². The predicted molar refractivity (Wildman–Crippen MR) is 88.9 cm³/mol. The Balaban J connectivity index is 1.18. The highest BCUT2D eigenvalue weighted by molar-refractivity contribution is 5.76. The molecule has 5 heteroatoms. The summed E-state index contributed by atoms with van der Waals surface area (Å²) in [4.78, 5) is 14.8. The summed E-state index contributed by atoms with van der Waals surface area (Å²) in [6, 6.07) is 0.0247. The highest BCUT2D eigenvalue weighted by Gasteiger charge is 2.58. The smallest absolute Gasteiger partial charge is 0.221 e. The predicted octanol–water partition coefficient (Wildman–Crippen LogP) is 1.26. The van der Waals surface area contributed by atoms with E-state index in [1.165, 1.54) is 51.5 Å². The Kier molecular flexibility index (Phi) is 4.37. The molecule has 5 fully saturated rings. The molecule has 1 spiro atoms. The molecule has 5 aliphatic rings. The highest BCUT2D eigenvalue weighted by atomic mass is 16.5. The van der Waals surface area contributed by atoms with Crippen LogP contribution in [0.5, 0.6) is 0 Å². The van der Waals surface area contributed by atoms with Crippen LogP contribution in [0.2, 0.25) is 0 Å². The molecule has 2 aliphatic carbocycles. The van der Waals surface area contributed by atoms with E-state index in [2.05, 4.69) is 10.2 Å². The van der Waals surface area contributed by atoms with Gasteiger partial charge in [-0.15, -0.1) is 0 Å². The average molecular weight is 321 g/mol. The topological polar surface area (TPSA) is 67.6 Å². The van der Waals surface area contributed by atoms with Gasteiger partial charge in [-0.05, 0) is 37.5 Å². The van der Waals surface area contributed by atoms with Gasteiger partial charge in [-0.2, -0.15) is 0 Å². The van der Waals surface area contributed by atoms with Gasteiger partial charge in [0.2, 0.25) is 5.91 Å². The summed E-state index contributed by atoms with van der Waals surface area (Å²) in [6.07, 6.45) is 9.51. The van der Waals surface area contributed by atoms with Crippen LogP contribution in [0.25, 0.3) is 0 Å². The molecule has 2 atom stereocenters. The lowest BCUT2D eigenvalue weighted by Gasteiger charge is -2.47. The molecule has 3 aliphatic heterocycles. The van der Waals surface area contributed by atoms with Crippen molar-refractivity contribution in [1.82, 2.24) is 10.2 Å². The zero-order valence-corrected chi connectivity index (χ0v) is 14.1. The quantitative estimate of drug-likeness (QED) is 0.800. The molecule has 1 amide bonds. The van der Waals surface area contributed by atoms with Crippen LogP contribution in [0.4, 0.5) is 0 Å². The SMILES string of the molecule is NC(CC(=O)NCC1CN2CC3CC2(CO1)C3)C1CCCCC1. The third kappa shape index (κ3) is 3.15. The molecule has 5 nitrogen and oxygen atoms in total. The number of morpholine rings is 1. The van der Waals surface area contributed by atoms with Gasteiger partial charge in [-0.3, -0.25) is 9.69 Å². The largest absolute Gasteiger partial charge is 0.373 e. The van der Waals surface area contributed by atoms with E-state index >= 15 is 0 Å². The van der Waals surface area contributed by atoms with Crippen LogP contribution in [0.1, 0.15) is 51.4 Å². The molecule has 2 bridgehead atoms. The maximum Gasteiger partial charge on any atom is 0.221 e. The molecule has 0 aromatic carbocycles. The third-order valence-electron chi connectivity index (χ3n) is 6.70. The number of nitrogens with zero attached hydrogens (tertiary/aromatic N) is 1. The minimum absolute atomic E-state index is 0.0247. The van der Waals surface area contributed by atoms with Crippen molar-refractivity contribution >= 4 is 5.91 Å². The second-order valence-electron chi connectivity index (χ2n) is 8.41. The van der Waals surface area contributed by atoms with Crippen molar-refractivity contribution < 1.29 is 9.53 Å². The van der Waals surface area contributed by atoms with E-state index in [1.807, 2.05) is 0 Å². The van der Waals surface area contributed by atoms with E-state index in [4.69, 9.17) is 10.5 Å². The first kappa shape index (κ1) is 15.9. The number of nitrogens with two attached hydrogens (primary N) is 1. The molecule has 3 saturated heterocycles. The fourth-order valence-electron chi connectivity index (χ4n) is 5.32. The van der Waals surface area contributed by atoms with E-state index in [0.29, 0.717) is 24.4 Å². The number of amides is 1. The molecule has 3 N–H and O–H groups in total. The summed E-state index contributed by atoms with van der Waals surface area (Å²) >= 11 is 0. The standard InChI is InChI=1S/C18H31N3O2/c19-16(14-4-2-1-3-5-14)6-17(22)20-9-15-11-21-10-13-7-18(21,8-13)12-23-15/h13-16H,1-12,19H2,(H,20,22). The summed E-state index contributed by atoms with van der Waals surface area (Å²) in [5, 5.41) is 3.06. The number of hydrogen-bond donors (Lipinski definition) is 2. The second-order valence-corrected chi connectivity index (χ2v) is 8.41. The van der Waals surface area contributed by atoms with Gasteiger partial charge in [0.15, 0.2) is 0 Å². The van der Waals surface area contributed by atoms with Gasteiger partial charge in [0.25, 0.3) is 0 Å². The number of ether oxygens (including phenoxy) is 1. The molecule has 130 valence electrons. The summed E-state index contributed by atoms with van der Waals surface area (Å²) in [5.74, 6) is 1.54. The molecule has 2 unspecified atom stereocenters. The van der Waals surface area contributed by atoms with Gasteiger partial charge in [0.1, 0.15) is 0 Å². The molecule has 3 heterocycles. The van der Waals surface area contributed by atoms with E-state index in [1.54, 1.807) is 0 Å². The molecule has 23 heavy (non-hydrogen) atoms. The van der Waals surface area contributed by atoms with E-state index in [-0.39, 0.29) is 18.1 Å². The van der Waals surface area contributed by atoms with Gasteiger partial charge in [0.05, 0.1) is 12.7 Å². The van der Waals surface area contributed by atoms with Crippen LogP contribution >= 0.6 is 0 Å². The molecule has 2 saturated carbocycles. The van der Waals surface area contributed by atoms with Crippen LogP contribution in [-0.2, 0) is 9.53 Å². The zero-order valence-electron chi connectivity index (χ0n) is 14.1. The number of nitrogens with one attached hydrogen (secondary N) is 1. The van der Waals surface area contributed by atoms with Crippen molar-refractivity contribution in [3.8, 4) is 0 Å². The Labute approximate surface area is 139 Å². The normalized spacial score (nSPS) is 38.7. The lowest BCUT2D eigenvalue weighted by Crippen LogP contribution is -2.58. The second kappa shape index (κ2) is 6.34. The van der Waals surface area contributed by atoms with Crippen LogP contribution in [0.15, 0.2) is 0 Å². The average Bonchev–Trinajstić information content (AvgIpc) is 3.08. The molecule has 0 aromatic rings. The van der Waals surface area contributed by atoms with Crippen molar-refractivity contribution in [2.45, 2.75) is 69.1 Å². The number of carbonyl (C=O) groups is 1.